The van der Waals surface area contributed by atoms with Gasteiger partial charge in [0.1, 0.15) is 11.3 Å². The molecule has 3 rings (SSSR count). The van der Waals surface area contributed by atoms with Gasteiger partial charge < -0.3 is 14.6 Å². The van der Waals surface area contributed by atoms with Gasteiger partial charge in [-0.3, -0.25) is 4.98 Å². The molecule has 3 heterocycles. The number of pyridine rings is 1. The van der Waals surface area contributed by atoms with Crippen molar-refractivity contribution in [3.05, 3.63) is 47.7 Å². The number of hydrogen-bond acceptors (Lipinski definition) is 5. The number of methoxy groups -OCH3 is 1. The Morgan fingerprint density at radius 1 is 1.13 bits per heavy atom. The lowest BCUT2D eigenvalue weighted by Crippen LogP contribution is -2.12. The predicted molar refractivity (Wildman–Crippen MR) is 90.7 cm³/mol. The van der Waals surface area contributed by atoms with E-state index in [1.807, 2.05) is 44.3 Å². The monoisotopic (exact) mass is 311 g/mol. The number of aromatic nitrogens is 4. The van der Waals surface area contributed by atoms with E-state index >= 15 is 0 Å². The van der Waals surface area contributed by atoms with Crippen molar-refractivity contribution < 1.29 is 4.74 Å². The summed E-state index contributed by atoms with van der Waals surface area (Å²) in [4.78, 5) is 13.6. The van der Waals surface area contributed by atoms with Crippen molar-refractivity contribution in [1.29, 1.82) is 0 Å². The number of hydrogen-bond donors (Lipinski definition) is 1. The molecular formula is C17H21N5O. The Kier molecular flexibility index (Phi) is 4.52. The first-order valence-electron chi connectivity index (χ1n) is 7.66. The number of rotatable bonds is 6. The van der Waals surface area contributed by atoms with Crippen molar-refractivity contribution in [2.75, 3.05) is 25.6 Å². The molecule has 0 aliphatic heterocycles. The molecule has 0 atom stereocenters. The molecule has 3 aromatic heterocycles. The summed E-state index contributed by atoms with van der Waals surface area (Å²) in [6.07, 6.45) is 2.03. The minimum absolute atomic E-state index is 0.630. The molecule has 0 aliphatic rings. The zero-order chi connectivity index (χ0) is 16.2. The number of nitrogens with one attached hydrogen (secondary N) is 1. The number of fused-ring (bicyclic) bond motifs is 1. The van der Waals surface area contributed by atoms with Crippen LogP contribution in [0, 0.1) is 13.8 Å². The summed E-state index contributed by atoms with van der Waals surface area (Å²) in [5, 5.41) is 3.34. The van der Waals surface area contributed by atoms with Crippen LogP contribution in [0.25, 0.3) is 11.0 Å². The fourth-order valence-electron chi connectivity index (χ4n) is 2.61. The SMILES string of the molecule is COCCNc1nc(C)nc2ccn(Cc3cccc(C)n3)c12. The molecule has 0 aromatic carbocycles. The molecule has 0 saturated carbocycles. The van der Waals surface area contributed by atoms with E-state index in [-0.39, 0.29) is 0 Å². The van der Waals surface area contributed by atoms with Crippen LogP contribution in [0.4, 0.5) is 5.82 Å². The minimum Gasteiger partial charge on any atom is -0.383 e. The molecule has 0 saturated heterocycles. The Morgan fingerprint density at radius 2 is 2.00 bits per heavy atom. The van der Waals surface area contributed by atoms with Gasteiger partial charge in [0.05, 0.1) is 24.4 Å². The van der Waals surface area contributed by atoms with Crippen molar-refractivity contribution in [3.8, 4) is 0 Å². The van der Waals surface area contributed by atoms with Gasteiger partial charge in [-0.1, -0.05) is 6.07 Å². The predicted octanol–water partition coefficient (Wildman–Crippen LogP) is 2.55. The Morgan fingerprint density at radius 3 is 2.78 bits per heavy atom. The third-order valence-corrected chi connectivity index (χ3v) is 3.60. The zero-order valence-electron chi connectivity index (χ0n) is 13.7. The van der Waals surface area contributed by atoms with Gasteiger partial charge in [-0.2, -0.15) is 0 Å². The summed E-state index contributed by atoms with van der Waals surface area (Å²) < 4.78 is 7.23. The van der Waals surface area contributed by atoms with E-state index in [2.05, 4.69) is 24.8 Å². The van der Waals surface area contributed by atoms with E-state index in [9.17, 15) is 0 Å². The van der Waals surface area contributed by atoms with Crippen LogP contribution in [0.1, 0.15) is 17.2 Å². The zero-order valence-corrected chi connectivity index (χ0v) is 13.7. The normalized spacial score (nSPS) is 11.1. The second-order valence-corrected chi connectivity index (χ2v) is 5.49. The molecule has 23 heavy (non-hydrogen) atoms. The topological polar surface area (TPSA) is 64.9 Å². The Labute approximate surface area is 135 Å². The van der Waals surface area contributed by atoms with Crippen LogP contribution in [-0.2, 0) is 11.3 Å². The highest BCUT2D eigenvalue weighted by atomic mass is 16.5. The summed E-state index contributed by atoms with van der Waals surface area (Å²) in [5.41, 5.74) is 3.97. The first-order valence-corrected chi connectivity index (χ1v) is 7.66. The highest BCUT2D eigenvalue weighted by Crippen LogP contribution is 2.22. The molecule has 6 nitrogen and oxygen atoms in total. The number of nitrogens with zero attached hydrogens (tertiary/aromatic N) is 4. The summed E-state index contributed by atoms with van der Waals surface area (Å²) >= 11 is 0. The van der Waals surface area contributed by atoms with E-state index in [0.717, 1.165) is 34.1 Å². The van der Waals surface area contributed by atoms with Crippen molar-refractivity contribution in [3.63, 3.8) is 0 Å². The lowest BCUT2D eigenvalue weighted by atomic mass is 10.3. The van der Waals surface area contributed by atoms with E-state index < -0.39 is 0 Å². The molecule has 0 amide bonds. The Balaban J connectivity index is 1.97. The molecule has 3 aromatic rings. The molecule has 0 radical (unpaired) electrons. The van der Waals surface area contributed by atoms with Crippen molar-refractivity contribution in [2.45, 2.75) is 20.4 Å². The molecule has 0 bridgehead atoms. The van der Waals surface area contributed by atoms with Crippen LogP contribution in [0.5, 0.6) is 0 Å². The smallest absolute Gasteiger partial charge is 0.154 e. The van der Waals surface area contributed by atoms with Gasteiger partial charge in [-0.15, -0.1) is 0 Å². The van der Waals surface area contributed by atoms with Gasteiger partial charge in [0, 0.05) is 25.5 Å². The number of ether oxygens (including phenoxy) is 1. The largest absolute Gasteiger partial charge is 0.383 e. The minimum atomic E-state index is 0.630. The van der Waals surface area contributed by atoms with Crippen LogP contribution >= 0.6 is 0 Å². The van der Waals surface area contributed by atoms with Crippen LogP contribution < -0.4 is 5.32 Å². The molecule has 0 aliphatic carbocycles. The maximum atomic E-state index is 5.10. The molecule has 1 N–H and O–H groups in total. The van der Waals surface area contributed by atoms with Crippen LogP contribution in [0.15, 0.2) is 30.5 Å². The molecule has 0 spiro atoms. The highest BCUT2D eigenvalue weighted by molar-refractivity contribution is 5.86. The van der Waals surface area contributed by atoms with Crippen LogP contribution in [0.3, 0.4) is 0 Å². The van der Waals surface area contributed by atoms with Crippen LogP contribution in [-0.4, -0.2) is 39.8 Å². The van der Waals surface area contributed by atoms with Crippen molar-refractivity contribution in [2.24, 2.45) is 0 Å². The van der Waals surface area contributed by atoms with Gasteiger partial charge in [-0.25, -0.2) is 9.97 Å². The van der Waals surface area contributed by atoms with Gasteiger partial charge in [-0.05, 0) is 32.0 Å². The van der Waals surface area contributed by atoms with Gasteiger partial charge in [0.25, 0.3) is 0 Å². The van der Waals surface area contributed by atoms with Gasteiger partial charge in [0.15, 0.2) is 5.82 Å². The highest BCUT2D eigenvalue weighted by Gasteiger charge is 2.11. The van der Waals surface area contributed by atoms with E-state index in [1.165, 1.54) is 0 Å². The van der Waals surface area contributed by atoms with Crippen LogP contribution in [0.2, 0.25) is 0 Å². The summed E-state index contributed by atoms with van der Waals surface area (Å²) in [5.74, 6) is 1.59. The Bertz CT molecular complexity index is 812. The quantitative estimate of drug-likeness (QED) is 0.709. The second kappa shape index (κ2) is 6.75. The average Bonchev–Trinajstić information content (AvgIpc) is 2.90. The molecular weight excluding hydrogens is 290 g/mol. The molecule has 6 heteroatoms. The maximum Gasteiger partial charge on any atom is 0.154 e. The lowest BCUT2D eigenvalue weighted by Gasteiger charge is -2.11. The van der Waals surface area contributed by atoms with Gasteiger partial charge in [0.2, 0.25) is 0 Å². The van der Waals surface area contributed by atoms with Crippen molar-refractivity contribution in [1.82, 2.24) is 19.5 Å². The second-order valence-electron chi connectivity index (χ2n) is 5.49. The number of anilines is 1. The third-order valence-electron chi connectivity index (χ3n) is 3.60. The fraction of sp³-hybridized carbons (Fsp3) is 0.353. The molecule has 0 unspecified atom stereocenters. The molecule has 0 fully saturated rings. The first-order chi connectivity index (χ1) is 11.2. The maximum absolute atomic E-state index is 5.10. The van der Waals surface area contributed by atoms with Gasteiger partial charge >= 0.3 is 0 Å². The standard InChI is InChI=1S/C17H21N5O/c1-12-5-4-6-14(19-12)11-22-9-7-15-16(22)17(18-8-10-23-3)21-13(2)20-15/h4-7,9H,8,10-11H2,1-3H3,(H,18,20,21). The lowest BCUT2D eigenvalue weighted by molar-refractivity contribution is 0.210. The molecule has 120 valence electrons. The van der Waals surface area contributed by atoms with E-state index in [1.54, 1.807) is 7.11 Å². The summed E-state index contributed by atoms with van der Waals surface area (Å²) in [6, 6.07) is 8.08. The van der Waals surface area contributed by atoms with Crippen molar-refractivity contribution >= 4 is 16.9 Å². The summed E-state index contributed by atoms with van der Waals surface area (Å²) in [6.45, 7) is 5.93. The van der Waals surface area contributed by atoms with E-state index in [4.69, 9.17) is 4.74 Å². The first kappa shape index (κ1) is 15.4. The fourth-order valence-corrected chi connectivity index (χ4v) is 2.61. The summed E-state index contributed by atoms with van der Waals surface area (Å²) in [7, 11) is 1.69. The number of aryl methyl sites for hydroxylation is 2. The average molecular weight is 311 g/mol. The van der Waals surface area contributed by atoms with E-state index in [0.29, 0.717) is 19.7 Å². The third kappa shape index (κ3) is 3.48. The Hall–Kier alpha value is -2.47.